The molecule has 3 aromatic carbocycles. The lowest BCUT2D eigenvalue weighted by Crippen LogP contribution is -2.39. The van der Waals surface area contributed by atoms with E-state index < -0.39 is 23.7 Å². The molecule has 44 heavy (non-hydrogen) atoms. The second-order valence-corrected chi connectivity index (χ2v) is 12.8. The van der Waals surface area contributed by atoms with Gasteiger partial charge >= 0.3 is 0 Å². The lowest BCUT2D eigenvalue weighted by molar-refractivity contribution is -0.123. The van der Waals surface area contributed by atoms with Gasteiger partial charge in [-0.15, -0.1) is 0 Å². The Morgan fingerprint density at radius 3 is 2.20 bits per heavy atom. The molecule has 0 bridgehead atoms. The summed E-state index contributed by atoms with van der Waals surface area (Å²) in [6, 6.07) is 20.6. The summed E-state index contributed by atoms with van der Waals surface area (Å²) in [7, 11) is 0. The molecule has 1 fully saturated rings. The van der Waals surface area contributed by atoms with Gasteiger partial charge in [-0.05, 0) is 102 Å². The molecule has 1 heterocycles. The number of fused-ring (bicyclic) bond motifs is 3. The van der Waals surface area contributed by atoms with Gasteiger partial charge in [0.05, 0.1) is 22.0 Å². The van der Waals surface area contributed by atoms with Gasteiger partial charge in [0.1, 0.15) is 5.75 Å². The van der Waals surface area contributed by atoms with E-state index in [1.165, 1.54) is 11.0 Å². The van der Waals surface area contributed by atoms with Gasteiger partial charge in [0.15, 0.2) is 11.6 Å². The topological polar surface area (TPSA) is 104 Å². The number of nitrogens with one attached hydrogen (secondary N) is 1. The number of hydrogen-bond donors (Lipinski definition) is 2. The minimum atomic E-state index is -0.659. The fourth-order valence-electron chi connectivity index (χ4n) is 7.38. The van der Waals surface area contributed by atoms with Crippen molar-refractivity contribution in [2.24, 2.45) is 17.8 Å². The fourth-order valence-corrected chi connectivity index (χ4v) is 7.83. The molecule has 1 saturated heterocycles. The van der Waals surface area contributed by atoms with E-state index in [0.29, 0.717) is 34.4 Å². The number of halogens is 1. The minimum absolute atomic E-state index is 0.180. The number of carbonyl (C=O) groups excluding carboxylic acids is 4. The maximum Gasteiger partial charge on any atom is 0.238 e. The molecule has 4 atom stereocenters. The minimum Gasteiger partial charge on any atom is -0.507 e. The first-order chi connectivity index (χ1) is 21.1. The molecule has 7 nitrogen and oxygen atoms in total. The number of anilines is 3. The number of hydrogen-bond acceptors (Lipinski definition) is 6. The Hall–Kier alpha value is -4.56. The van der Waals surface area contributed by atoms with Crippen molar-refractivity contribution in [2.75, 3.05) is 10.2 Å². The molecule has 3 aliphatic carbocycles. The number of aryl methyl sites for hydroxylation is 2. The van der Waals surface area contributed by atoms with Gasteiger partial charge < -0.3 is 10.4 Å². The van der Waals surface area contributed by atoms with Crippen LogP contribution in [0.25, 0.3) is 0 Å². The molecular formula is C36H29BrN2O5. The van der Waals surface area contributed by atoms with Crippen molar-refractivity contribution in [2.45, 2.75) is 32.6 Å². The van der Waals surface area contributed by atoms with E-state index in [9.17, 15) is 24.3 Å². The molecule has 220 valence electrons. The van der Waals surface area contributed by atoms with Crippen molar-refractivity contribution in [1.29, 1.82) is 0 Å². The Bertz CT molecular complexity index is 1850. The van der Waals surface area contributed by atoms with Crippen molar-refractivity contribution in [1.82, 2.24) is 0 Å². The predicted octanol–water partition coefficient (Wildman–Crippen LogP) is 6.72. The zero-order valence-corrected chi connectivity index (χ0v) is 25.7. The highest BCUT2D eigenvalue weighted by Crippen LogP contribution is 2.56. The zero-order valence-electron chi connectivity index (χ0n) is 24.1. The van der Waals surface area contributed by atoms with Gasteiger partial charge in [-0.25, -0.2) is 0 Å². The molecule has 2 N–H and O–H groups in total. The molecule has 7 rings (SSSR count). The highest BCUT2D eigenvalue weighted by molar-refractivity contribution is 9.12. The van der Waals surface area contributed by atoms with E-state index in [0.717, 1.165) is 22.5 Å². The number of rotatable bonds is 4. The van der Waals surface area contributed by atoms with Gasteiger partial charge in [-0.1, -0.05) is 42.0 Å². The summed E-state index contributed by atoms with van der Waals surface area (Å²) in [6.07, 6.45) is 3.89. The summed E-state index contributed by atoms with van der Waals surface area (Å²) in [5.74, 6) is -3.08. The van der Waals surface area contributed by atoms with E-state index in [4.69, 9.17) is 0 Å². The fraction of sp³-hybridized carbons (Fsp3) is 0.222. The number of phenols is 1. The number of imide groups is 1. The Morgan fingerprint density at radius 2 is 1.52 bits per heavy atom. The first-order valence-corrected chi connectivity index (χ1v) is 15.4. The van der Waals surface area contributed by atoms with Crippen LogP contribution < -0.4 is 10.2 Å². The first kappa shape index (κ1) is 28.2. The summed E-state index contributed by atoms with van der Waals surface area (Å²) in [6.45, 7) is 3.60. The van der Waals surface area contributed by atoms with Crippen LogP contribution in [0.4, 0.5) is 17.1 Å². The molecule has 4 aliphatic rings. The Labute approximate surface area is 263 Å². The third-order valence-electron chi connectivity index (χ3n) is 9.37. The number of phenolic OH excluding ortho intramolecular Hbond substituents is 1. The number of benzene rings is 3. The largest absolute Gasteiger partial charge is 0.507 e. The standard InChI is InChI=1S/C36H29BrN2O5/c1-18-14-20(15-19(2)33(18)41)30-24-12-13-25-31(26(24)16-27-32(30)29(40)17-28(37)34(27)42)36(44)39(35(25)43)23-10-8-22(9-11-23)38-21-6-4-3-5-7-21/h3-12,14-15,17,25-26,30-31,38,41H,13,16H2,1-2H3/t25-,26+,30-,31-/m0/s1. The number of amides is 2. The third kappa shape index (κ3) is 4.39. The van der Waals surface area contributed by atoms with E-state index in [1.54, 1.807) is 26.0 Å². The number of nitrogens with zero attached hydrogens (tertiary/aromatic N) is 1. The van der Waals surface area contributed by atoms with Gasteiger partial charge in [0, 0.05) is 34.5 Å². The number of Topliss-reactive ketones (excluding diaryl/α,β-unsaturated/α-hetero) is 1. The molecule has 0 spiro atoms. The number of carbonyl (C=O) groups is 4. The van der Waals surface area contributed by atoms with Crippen molar-refractivity contribution >= 4 is 56.4 Å². The van der Waals surface area contributed by atoms with Crippen LogP contribution in [0.3, 0.4) is 0 Å². The quantitative estimate of drug-likeness (QED) is 0.185. The van der Waals surface area contributed by atoms with Crippen molar-refractivity contribution in [3.05, 3.63) is 117 Å². The van der Waals surface area contributed by atoms with Gasteiger partial charge in [0.2, 0.25) is 11.8 Å². The average Bonchev–Trinajstić information content (AvgIpc) is 3.27. The van der Waals surface area contributed by atoms with Gasteiger partial charge in [-0.3, -0.25) is 24.1 Å². The molecule has 0 aromatic heterocycles. The molecule has 0 unspecified atom stereocenters. The molecule has 0 radical (unpaired) electrons. The highest BCUT2D eigenvalue weighted by Gasteiger charge is 2.56. The van der Waals surface area contributed by atoms with Crippen LogP contribution in [0.1, 0.15) is 35.4 Å². The molecule has 0 saturated carbocycles. The monoisotopic (exact) mass is 648 g/mol. The van der Waals surface area contributed by atoms with Crippen LogP contribution >= 0.6 is 15.9 Å². The highest BCUT2D eigenvalue weighted by atomic mass is 79.9. The van der Waals surface area contributed by atoms with Gasteiger partial charge in [-0.2, -0.15) is 0 Å². The van der Waals surface area contributed by atoms with E-state index >= 15 is 0 Å². The Kier molecular flexibility index (Phi) is 6.77. The SMILES string of the molecule is Cc1cc([C@H]2C3=CC[C@@H]4C(=O)N(c5ccc(Nc6ccccc6)cc5)C(=O)[C@@H]4[C@@H]3CC3=C2C(=O)C=C(Br)C3=O)cc(C)c1O. The number of para-hydroxylation sites is 1. The van der Waals surface area contributed by atoms with E-state index in [-0.39, 0.29) is 40.0 Å². The Morgan fingerprint density at radius 1 is 0.864 bits per heavy atom. The maximum absolute atomic E-state index is 14.2. The van der Waals surface area contributed by atoms with Gasteiger partial charge in [0.25, 0.3) is 0 Å². The zero-order chi connectivity index (χ0) is 30.9. The van der Waals surface area contributed by atoms with Crippen LogP contribution in [0.5, 0.6) is 5.75 Å². The lowest BCUT2D eigenvalue weighted by Gasteiger charge is -2.42. The third-order valence-corrected chi connectivity index (χ3v) is 9.95. The molecule has 1 aliphatic heterocycles. The second kappa shape index (κ2) is 10.6. The average molecular weight is 650 g/mol. The van der Waals surface area contributed by atoms with E-state index in [1.807, 2.05) is 60.7 Å². The molecule has 8 heteroatoms. The van der Waals surface area contributed by atoms with Crippen LogP contribution in [-0.4, -0.2) is 28.5 Å². The molecule has 2 amide bonds. The van der Waals surface area contributed by atoms with Crippen molar-refractivity contribution < 1.29 is 24.3 Å². The molecular weight excluding hydrogens is 620 g/mol. The second-order valence-electron chi connectivity index (χ2n) is 11.9. The van der Waals surface area contributed by atoms with Crippen molar-refractivity contribution in [3.8, 4) is 5.75 Å². The maximum atomic E-state index is 14.2. The van der Waals surface area contributed by atoms with Crippen molar-refractivity contribution in [3.63, 3.8) is 0 Å². The van der Waals surface area contributed by atoms with Crippen LogP contribution in [0.15, 0.2) is 100 Å². The summed E-state index contributed by atoms with van der Waals surface area (Å²) >= 11 is 3.27. The lowest BCUT2D eigenvalue weighted by atomic mass is 9.59. The summed E-state index contributed by atoms with van der Waals surface area (Å²) < 4.78 is 0.192. The number of aromatic hydroxyl groups is 1. The first-order valence-electron chi connectivity index (χ1n) is 14.6. The molecule has 3 aromatic rings. The number of allylic oxidation sites excluding steroid dienone is 6. The summed E-state index contributed by atoms with van der Waals surface area (Å²) in [5.41, 5.74) is 6.04. The van der Waals surface area contributed by atoms with Crippen LogP contribution in [-0.2, 0) is 19.2 Å². The smallest absolute Gasteiger partial charge is 0.238 e. The summed E-state index contributed by atoms with van der Waals surface area (Å²) in [4.78, 5) is 56.2. The predicted molar refractivity (Wildman–Crippen MR) is 171 cm³/mol. The van der Waals surface area contributed by atoms with Crippen LogP contribution in [0, 0.1) is 31.6 Å². The van der Waals surface area contributed by atoms with Crippen LogP contribution in [0.2, 0.25) is 0 Å². The van der Waals surface area contributed by atoms with E-state index in [2.05, 4.69) is 21.2 Å². The normalized spacial score (nSPS) is 24.5. The Balaban J connectivity index is 1.26. The summed E-state index contributed by atoms with van der Waals surface area (Å²) in [5, 5.41) is 13.8. The number of ketones is 2.